The second-order valence-electron chi connectivity index (χ2n) is 3.38. The molecule has 0 bridgehead atoms. The molecule has 2 rings (SSSR count). The standard InChI is InChI=1S/C10H8BrClO2/c11-9-4-5(12)3-8-6(9)1-2-7(8)10(13)14/h3-4,7H,1-2H2,(H,13,14). The van der Waals surface area contributed by atoms with Gasteiger partial charge in [-0.25, -0.2) is 0 Å². The molecule has 0 saturated carbocycles. The van der Waals surface area contributed by atoms with Gasteiger partial charge in [0.2, 0.25) is 0 Å². The summed E-state index contributed by atoms with van der Waals surface area (Å²) in [6.07, 6.45) is 1.48. The molecule has 1 aliphatic carbocycles. The molecular weight excluding hydrogens is 267 g/mol. The first-order valence-corrected chi connectivity index (χ1v) is 5.47. The lowest BCUT2D eigenvalue weighted by molar-refractivity contribution is -0.138. The fourth-order valence-electron chi connectivity index (χ4n) is 1.90. The van der Waals surface area contributed by atoms with Crippen LogP contribution in [-0.4, -0.2) is 11.1 Å². The van der Waals surface area contributed by atoms with Gasteiger partial charge in [0.05, 0.1) is 5.92 Å². The molecule has 0 amide bonds. The maximum Gasteiger partial charge on any atom is 0.310 e. The monoisotopic (exact) mass is 274 g/mol. The molecule has 2 nitrogen and oxygen atoms in total. The van der Waals surface area contributed by atoms with Crippen LogP contribution in [0.2, 0.25) is 5.02 Å². The van der Waals surface area contributed by atoms with E-state index in [0.29, 0.717) is 11.4 Å². The summed E-state index contributed by atoms with van der Waals surface area (Å²) in [5.41, 5.74) is 1.94. The van der Waals surface area contributed by atoms with E-state index in [1.54, 1.807) is 6.07 Å². The van der Waals surface area contributed by atoms with E-state index in [1.807, 2.05) is 6.07 Å². The summed E-state index contributed by atoms with van der Waals surface area (Å²) in [7, 11) is 0. The normalized spacial score (nSPS) is 19.4. The highest BCUT2D eigenvalue weighted by Crippen LogP contribution is 2.39. The zero-order valence-electron chi connectivity index (χ0n) is 7.26. The quantitative estimate of drug-likeness (QED) is 0.854. The second-order valence-corrected chi connectivity index (χ2v) is 4.68. The average Bonchev–Trinajstić information content (AvgIpc) is 2.47. The highest BCUT2D eigenvalue weighted by molar-refractivity contribution is 9.10. The van der Waals surface area contributed by atoms with Crippen molar-refractivity contribution >= 4 is 33.5 Å². The van der Waals surface area contributed by atoms with E-state index in [1.165, 1.54) is 0 Å². The summed E-state index contributed by atoms with van der Waals surface area (Å²) in [5, 5.41) is 9.57. The van der Waals surface area contributed by atoms with Crippen molar-refractivity contribution in [2.45, 2.75) is 18.8 Å². The van der Waals surface area contributed by atoms with Gasteiger partial charge in [0.1, 0.15) is 0 Å². The maximum atomic E-state index is 10.9. The molecule has 0 spiro atoms. The van der Waals surface area contributed by atoms with Gasteiger partial charge in [-0.3, -0.25) is 4.79 Å². The summed E-state index contributed by atoms with van der Waals surface area (Å²) in [6, 6.07) is 3.57. The first-order chi connectivity index (χ1) is 6.59. The van der Waals surface area contributed by atoms with Gasteiger partial charge in [-0.15, -0.1) is 0 Å². The molecule has 1 atom stereocenters. The number of benzene rings is 1. The molecule has 1 unspecified atom stereocenters. The van der Waals surface area contributed by atoms with Gasteiger partial charge >= 0.3 is 5.97 Å². The molecule has 1 aromatic rings. The lowest BCUT2D eigenvalue weighted by Crippen LogP contribution is -2.07. The molecule has 0 saturated heterocycles. The van der Waals surface area contributed by atoms with E-state index >= 15 is 0 Å². The third-order valence-electron chi connectivity index (χ3n) is 2.55. The van der Waals surface area contributed by atoms with Crippen molar-refractivity contribution < 1.29 is 9.90 Å². The van der Waals surface area contributed by atoms with Crippen molar-refractivity contribution in [3.05, 3.63) is 32.8 Å². The Morgan fingerprint density at radius 2 is 2.29 bits per heavy atom. The molecule has 0 aliphatic heterocycles. The minimum atomic E-state index is -0.766. The Hall–Kier alpha value is -0.540. The lowest BCUT2D eigenvalue weighted by Gasteiger charge is -2.07. The van der Waals surface area contributed by atoms with Crippen molar-refractivity contribution in [1.29, 1.82) is 0 Å². The van der Waals surface area contributed by atoms with Gasteiger partial charge in [-0.2, -0.15) is 0 Å². The summed E-state index contributed by atoms with van der Waals surface area (Å²) >= 11 is 9.27. The SMILES string of the molecule is O=C(O)C1CCc2c(Br)cc(Cl)cc21. The molecule has 0 radical (unpaired) electrons. The predicted molar refractivity (Wildman–Crippen MR) is 57.8 cm³/mol. The van der Waals surface area contributed by atoms with E-state index in [2.05, 4.69) is 15.9 Å². The smallest absolute Gasteiger partial charge is 0.310 e. The van der Waals surface area contributed by atoms with Crippen LogP contribution in [0.25, 0.3) is 0 Å². The van der Waals surface area contributed by atoms with E-state index < -0.39 is 5.97 Å². The Morgan fingerprint density at radius 1 is 1.57 bits per heavy atom. The summed E-state index contributed by atoms with van der Waals surface area (Å²) < 4.78 is 0.920. The Balaban J connectivity index is 2.54. The van der Waals surface area contributed by atoms with Crippen LogP contribution < -0.4 is 0 Å². The van der Waals surface area contributed by atoms with Crippen molar-refractivity contribution in [1.82, 2.24) is 0 Å². The van der Waals surface area contributed by atoms with Crippen LogP contribution >= 0.6 is 27.5 Å². The Kier molecular flexibility index (Phi) is 2.54. The third-order valence-corrected chi connectivity index (χ3v) is 3.48. The van der Waals surface area contributed by atoms with Crippen LogP contribution in [0.5, 0.6) is 0 Å². The highest BCUT2D eigenvalue weighted by atomic mass is 79.9. The lowest BCUT2D eigenvalue weighted by atomic mass is 10.0. The third kappa shape index (κ3) is 1.55. The summed E-state index contributed by atoms with van der Waals surface area (Å²) in [4.78, 5) is 10.9. The van der Waals surface area contributed by atoms with E-state index in [0.717, 1.165) is 22.0 Å². The molecule has 4 heteroatoms. The summed E-state index contributed by atoms with van der Waals surface area (Å²) in [6.45, 7) is 0. The number of aliphatic carboxylic acids is 1. The van der Waals surface area contributed by atoms with E-state index in [9.17, 15) is 4.79 Å². The Bertz CT molecular complexity index is 403. The molecule has 0 heterocycles. The van der Waals surface area contributed by atoms with Gasteiger partial charge in [-0.05, 0) is 36.1 Å². The van der Waals surface area contributed by atoms with Crippen LogP contribution in [0.1, 0.15) is 23.5 Å². The minimum absolute atomic E-state index is 0.389. The summed E-state index contributed by atoms with van der Waals surface area (Å²) in [5.74, 6) is -1.15. The fraction of sp³-hybridized carbons (Fsp3) is 0.300. The van der Waals surface area contributed by atoms with Gasteiger partial charge in [0.15, 0.2) is 0 Å². The Morgan fingerprint density at radius 3 is 2.93 bits per heavy atom. The largest absolute Gasteiger partial charge is 0.481 e. The zero-order chi connectivity index (χ0) is 10.3. The number of hydrogen-bond donors (Lipinski definition) is 1. The average molecular weight is 276 g/mol. The highest BCUT2D eigenvalue weighted by Gasteiger charge is 2.29. The number of halogens is 2. The number of rotatable bonds is 1. The predicted octanol–water partition coefficient (Wildman–Crippen LogP) is 3.22. The molecule has 1 aliphatic rings. The molecule has 14 heavy (non-hydrogen) atoms. The second kappa shape index (κ2) is 3.55. The molecule has 0 aromatic heterocycles. The fourth-order valence-corrected chi connectivity index (χ4v) is 2.93. The van der Waals surface area contributed by atoms with E-state index in [4.69, 9.17) is 16.7 Å². The number of fused-ring (bicyclic) bond motifs is 1. The van der Waals surface area contributed by atoms with Crippen LogP contribution in [-0.2, 0) is 11.2 Å². The van der Waals surface area contributed by atoms with Crippen molar-refractivity contribution in [3.8, 4) is 0 Å². The first-order valence-electron chi connectivity index (χ1n) is 4.30. The number of carbonyl (C=O) groups is 1. The van der Waals surface area contributed by atoms with Gasteiger partial charge in [0.25, 0.3) is 0 Å². The van der Waals surface area contributed by atoms with Gasteiger partial charge in [-0.1, -0.05) is 27.5 Å². The first kappa shape index (κ1) is 9.99. The molecule has 74 valence electrons. The molecule has 0 fully saturated rings. The van der Waals surface area contributed by atoms with Gasteiger partial charge in [0, 0.05) is 9.50 Å². The van der Waals surface area contributed by atoms with Crippen LogP contribution in [0.4, 0.5) is 0 Å². The van der Waals surface area contributed by atoms with Crippen molar-refractivity contribution in [2.75, 3.05) is 0 Å². The van der Waals surface area contributed by atoms with E-state index in [-0.39, 0.29) is 5.92 Å². The van der Waals surface area contributed by atoms with Crippen molar-refractivity contribution in [3.63, 3.8) is 0 Å². The number of hydrogen-bond acceptors (Lipinski definition) is 1. The molecular formula is C10H8BrClO2. The number of carboxylic acid groups (broad SMARTS) is 1. The van der Waals surface area contributed by atoms with Crippen LogP contribution in [0.3, 0.4) is 0 Å². The molecule has 1 N–H and O–H groups in total. The Labute approximate surface area is 95.0 Å². The minimum Gasteiger partial charge on any atom is -0.481 e. The van der Waals surface area contributed by atoms with Gasteiger partial charge < -0.3 is 5.11 Å². The van der Waals surface area contributed by atoms with Crippen molar-refractivity contribution in [2.24, 2.45) is 0 Å². The number of carboxylic acids is 1. The zero-order valence-corrected chi connectivity index (χ0v) is 9.60. The molecule has 1 aromatic carbocycles. The maximum absolute atomic E-state index is 10.9. The van der Waals surface area contributed by atoms with Crippen LogP contribution in [0, 0.1) is 0 Å². The topological polar surface area (TPSA) is 37.3 Å². The van der Waals surface area contributed by atoms with Crippen LogP contribution in [0.15, 0.2) is 16.6 Å².